The summed E-state index contributed by atoms with van der Waals surface area (Å²) in [5, 5.41) is 8.08. The van der Waals surface area contributed by atoms with E-state index in [-0.39, 0.29) is 6.10 Å². The van der Waals surface area contributed by atoms with Crippen LogP contribution < -0.4 is 10.5 Å². The Bertz CT molecular complexity index is 554. The van der Waals surface area contributed by atoms with Crippen LogP contribution in [0.15, 0.2) is 36.4 Å². The molecule has 0 aliphatic heterocycles. The largest absolute Gasteiger partial charge is 0.468 e. The molecule has 4 heteroatoms. The van der Waals surface area contributed by atoms with Crippen LogP contribution in [-0.4, -0.2) is 10.2 Å². The molecular formula is C15H17N3O. The third-order valence-electron chi connectivity index (χ3n) is 3.48. The summed E-state index contributed by atoms with van der Waals surface area (Å²) in [6.07, 6.45) is 3.39. The Labute approximate surface area is 112 Å². The Morgan fingerprint density at radius 1 is 1.16 bits per heavy atom. The first-order valence-corrected chi connectivity index (χ1v) is 6.64. The second kappa shape index (κ2) is 5.36. The van der Waals surface area contributed by atoms with E-state index in [1.165, 1.54) is 11.1 Å². The van der Waals surface area contributed by atoms with Gasteiger partial charge < -0.3 is 10.5 Å². The minimum Gasteiger partial charge on any atom is -0.468 e. The van der Waals surface area contributed by atoms with Crippen LogP contribution in [0.2, 0.25) is 0 Å². The lowest BCUT2D eigenvalue weighted by molar-refractivity contribution is 0.173. The van der Waals surface area contributed by atoms with E-state index in [1.807, 2.05) is 12.1 Å². The highest BCUT2D eigenvalue weighted by Gasteiger charge is 2.21. The van der Waals surface area contributed by atoms with Crippen molar-refractivity contribution in [3.05, 3.63) is 53.2 Å². The molecule has 19 heavy (non-hydrogen) atoms. The molecule has 1 atom stereocenters. The molecule has 2 N–H and O–H groups in total. The van der Waals surface area contributed by atoms with Crippen LogP contribution in [0.3, 0.4) is 0 Å². The average molecular weight is 255 g/mol. The predicted octanol–water partition coefficient (Wildman–Crippen LogP) is 2.39. The summed E-state index contributed by atoms with van der Waals surface area (Å²) in [6.45, 7) is 0.402. The molecule has 0 spiro atoms. The van der Waals surface area contributed by atoms with Crippen molar-refractivity contribution in [3.63, 3.8) is 0 Å². The van der Waals surface area contributed by atoms with Gasteiger partial charge >= 0.3 is 0 Å². The standard InChI is InChI=1S/C15H17N3O/c16-10-12-8-9-15(18-17-12)19-14-7-3-5-11-4-1-2-6-13(11)14/h1-2,4,6,8-9,14H,3,5,7,10,16H2. The quantitative estimate of drug-likeness (QED) is 0.914. The summed E-state index contributed by atoms with van der Waals surface area (Å²) < 4.78 is 5.97. The smallest absolute Gasteiger partial charge is 0.233 e. The van der Waals surface area contributed by atoms with Gasteiger partial charge in [0.05, 0.1) is 5.69 Å². The third kappa shape index (κ3) is 2.58. The molecule has 3 rings (SSSR count). The monoisotopic (exact) mass is 255 g/mol. The van der Waals surface area contributed by atoms with Gasteiger partial charge in [-0.05, 0) is 36.5 Å². The first kappa shape index (κ1) is 12.1. The van der Waals surface area contributed by atoms with Gasteiger partial charge in [0.25, 0.3) is 0 Å². The summed E-state index contributed by atoms with van der Waals surface area (Å²) in [5.41, 5.74) is 8.93. The number of rotatable bonds is 3. The highest BCUT2D eigenvalue weighted by Crippen LogP contribution is 2.32. The molecule has 2 aromatic rings. The minimum absolute atomic E-state index is 0.0861. The van der Waals surface area contributed by atoms with Crippen molar-refractivity contribution in [1.82, 2.24) is 10.2 Å². The van der Waals surface area contributed by atoms with Crippen LogP contribution in [0.1, 0.15) is 35.8 Å². The van der Waals surface area contributed by atoms with E-state index < -0.39 is 0 Å². The topological polar surface area (TPSA) is 61.0 Å². The van der Waals surface area contributed by atoms with Gasteiger partial charge in [-0.15, -0.1) is 5.10 Å². The Balaban J connectivity index is 1.80. The first-order valence-electron chi connectivity index (χ1n) is 6.64. The number of hydrogen-bond acceptors (Lipinski definition) is 4. The molecule has 0 saturated heterocycles. The lowest BCUT2D eigenvalue weighted by Gasteiger charge is -2.25. The fraction of sp³-hybridized carbons (Fsp3) is 0.333. The van der Waals surface area contributed by atoms with Gasteiger partial charge in [0.15, 0.2) is 0 Å². The lowest BCUT2D eigenvalue weighted by Crippen LogP contribution is -2.16. The van der Waals surface area contributed by atoms with Gasteiger partial charge in [-0.25, -0.2) is 0 Å². The molecule has 98 valence electrons. The Hall–Kier alpha value is -1.94. The number of ether oxygens (including phenoxy) is 1. The third-order valence-corrected chi connectivity index (χ3v) is 3.48. The molecule has 1 aromatic carbocycles. The Morgan fingerprint density at radius 3 is 2.84 bits per heavy atom. The highest BCUT2D eigenvalue weighted by molar-refractivity contribution is 5.32. The first-order chi connectivity index (χ1) is 9.36. The molecule has 1 heterocycles. The second-order valence-corrected chi connectivity index (χ2v) is 4.76. The molecule has 1 aliphatic rings. The average Bonchev–Trinajstić information content (AvgIpc) is 2.48. The summed E-state index contributed by atoms with van der Waals surface area (Å²) in [6, 6.07) is 12.2. The lowest BCUT2D eigenvalue weighted by atomic mass is 9.89. The molecule has 0 radical (unpaired) electrons. The van der Waals surface area contributed by atoms with Crippen molar-refractivity contribution < 1.29 is 4.74 Å². The molecule has 1 unspecified atom stereocenters. The molecule has 0 bridgehead atoms. The van der Waals surface area contributed by atoms with E-state index in [9.17, 15) is 0 Å². The number of aryl methyl sites for hydroxylation is 1. The molecule has 0 saturated carbocycles. The number of benzene rings is 1. The molecule has 0 fully saturated rings. The fourth-order valence-corrected chi connectivity index (χ4v) is 2.50. The van der Waals surface area contributed by atoms with Gasteiger partial charge in [0.2, 0.25) is 5.88 Å². The van der Waals surface area contributed by atoms with Crippen molar-refractivity contribution in [1.29, 1.82) is 0 Å². The molecule has 1 aromatic heterocycles. The van der Waals surface area contributed by atoms with Crippen molar-refractivity contribution in [2.24, 2.45) is 5.73 Å². The van der Waals surface area contributed by atoms with Gasteiger partial charge in [0, 0.05) is 12.6 Å². The van der Waals surface area contributed by atoms with Crippen LogP contribution in [-0.2, 0) is 13.0 Å². The number of hydrogen-bond donors (Lipinski definition) is 1. The van der Waals surface area contributed by atoms with E-state index in [0.29, 0.717) is 12.4 Å². The van der Waals surface area contributed by atoms with Gasteiger partial charge in [-0.3, -0.25) is 0 Å². The van der Waals surface area contributed by atoms with Gasteiger partial charge in [-0.1, -0.05) is 24.3 Å². The predicted molar refractivity (Wildman–Crippen MR) is 72.7 cm³/mol. The molecule has 0 amide bonds. The Kier molecular flexibility index (Phi) is 3.42. The van der Waals surface area contributed by atoms with Crippen LogP contribution in [0.5, 0.6) is 5.88 Å². The zero-order valence-electron chi connectivity index (χ0n) is 10.7. The van der Waals surface area contributed by atoms with Crippen molar-refractivity contribution in [2.45, 2.75) is 31.9 Å². The maximum atomic E-state index is 5.97. The number of aromatic nitrogens is 2. The molecular weight excluding hydrogens is 238 g/mol. The summed E-state index contributed by atoms with van der Waals surface area (Å²) in [4.78, 5) is 0. The zero-order chi connectivity index (χ0) is 13.1. The SMILES string of the molecule is NCc1ccc(OC2CCCc3ccccc32)nn1. The Morgan fingerprint density at radius 2 is 2.05 bits per heavy atom. The van der Waals surface area contributed by atoms with Crippen molar-refractivity contribution in [2.75, 3.05) is 0 Å². The highest BCUT2D eigenvalue weighted by atomic mass is 16.5. The maximum absolute atomic E-state index is 5.97. The van der Waals surface area contributed by atoms with E-state index in [2.05, 4.69) is 34.5 Å². The maximum Gasteiger partial charge on any atom is 0.233 e. The summed E-state index contributed by atoms with van der Waals surface area (Å²) in [5.74, 6) is 0.568. The minimum atomic E-state index is 0.0861. The number of nitrogens with zero attached hydrogens (tertiary/aromatic N) is 2. The second-order valence-electron chi connectivity index (χ2n) is 4.76. The summed E-state index contributed by atoms with van der Waals surface area (Å²) >= 11 is 0. The molecule has 4 nitrogen and oxygen atoms in total. The van der Waals surface area contributed by atoms with E-state index in [4.69, 9.17) is 10.5 Å². The normalized spacial score (nSPS) is 17.8. The van der Waals surface area contributed by atoms with Crippen LogP contribution in [0.4, 0.5) is 0 Å². The van der Waals surface area contributed by atoms with Crippen molar-refractivity contribution >= 4 is 0 Å². The fourth-order valence-electron chi connectivity index (χ4n) is 2.50. The number of fused-ring (bicyclic) bond motifs is 1. The van der Waals surface area contributed by atoms with Crippen LogP contribution in [0, 0.1) is 0 Å². The van der Waals surface area contributed by atoms with Crippen LogP contribution in [0.25, 0.3) is 0 Å². The molecule has 1 aliphatic carbocycles. The zero-order valence-corrected chi connectivity index (χ0v) is 10.7. The van der Waals surface area contributed by atoms with E-state index in [1.54, 1.807) is 0 Å². The van der Waals surface area contributed by atoms with Gasteiger partial charge in [-0.2, -0.15) is 5.10 Å². The number of nitrogens with two attached hydrogens (primary N) is 1. The van der Waals surface area contributed by atoms with Crippen molar-refractivity contribution in [3.8, 4) is 5.88 Å². The van der Waals surface area contributed by atoms with E-state index >= 15 is 0 Å². The summed E-state index contributed by atoms with van der Waals surface area (Å²) in [7, 11) is 0. The van der Waals surface area contributed by atoms with Gasteiger partial charge in [0.1, 0.15) is 6.10 Å². The van der Waals surface area contributed by atoms with Crippen LogP contribution >= 0.6 is 0 Å². The van der Waals surface area contributed by atoms with E-state index in [0.717, 1.165) is 25.0 Å².